The highest BCUT2D eigenvalue weighted by atomic mass is 79.9. The van der Waals surface area contributed by atoms with E-state index in [4.69, 9.17) is 0 Å². The number of hydrogen-bond donors (Lipinski definition) is 2. The molecular formula is C24H28BrN5O3. The Labute approximate surface area is 202 Å². The van der Waals surface area contributed by atoms with Crippen molar-refractivity contribution >= 4 is 44.8 Å². The quantitative estimate of drug-likeness (QED) is 0.180. The largest absolute Gasteiger partial charge is 0.371 e. The molecule has 0 saturated carbocycles. The first-order valence-electron chi connectivity index (χ1n) is 10.9. The Bertz CT molecular complexity index is 1030. The van der Waals surface area contributed by atoms with Crippen molar-refractivity contribution in [1.82, 2.24) is 4.98 Å². The van der Waals surface area contributed by atoms with Crippen molar-refractivity contribution < 1.29 is 9.72 Å². The predicted molar refractivity (Wildman–Crippen MR) is 136 cm³/mol. The van der Waals surface area contributed by atoms with Crippen LogP contribution in [0, 0.1) is 16.0 Å². The van der Waals surface area contributed by atoms with Gasteiger partial charge in [-0.25, -0.2) is 4.98 Å². The zero-order valence-electron chi connectivity index (χ0n) is 18.4. The normalized spacial score (nSPS) is 13.9. The summed E-state index contributed by atoms with van der Waals surface area (Å²) in [4.78, 5) is 30.6. The summed E-state index contributed by atoms with van der Waals surface area (Å²) < 4.78 is 0.781. The van der Waals surface area contributed by atoms with Crippen molar-refractivity contribution in [3.8, 4) is 0 Å². The fourth-order valence-electron chi connectivity index (χ4n) is 3.84. The predicted octanol–water partition coefficient (Wildman–Crippen LogP) is 5.79. The van der Waals surface area contributed by atoms with Crippen molar-refractivity contribution in [2.45, 2.75) is 25.7 Å². The molecule has 0 atom stereocenters. The minimum Gasteiger partial charge on any atom is -0.371 e. The Hall–Kier alpha value is -3.20. The molecule has 9 heteroatoms. The molecule has 2 aromatic rings. The van der Waals surface area contributed by atoms with Gasteiger partial charge in [0.15, 0.2) is 0 Å². The van der Waals surface area contributed by atoms with Crippen LogP contribution in [-0.2, 0) is 0 Å². The number of hydrogen-bond acceptors (Lipinski definition) is 6. The highest BCUT2D eigenvalue weighted by Gasteiger charge is 2.25. The SMILES string of the molecule is C=CCCNc1nc(NC(=O)c2ccc([N+](=O)[O-])cc2N2CCC(CC=C)CC2)ccc1Br. The number of pyridine rings is 1. The number of anilines is 3. The molecule has 1 fully saturated rings. The number of non-ortho nitro benzene ring substituents is 1. The summed E-state index contributed by atoms with van der Waals surface area (Å²) in [5.41, 5.74) is 0.916. The molecule has 33 heavy (non-hydrogen) atoms. The van der Waals surface area contributed by atoms with Crippen molar-refractivity contribution in [3.63, 3.8) is 0 Å². The molecule has 8 nitrogen and oxygen atoms in total. The second-order valence-corrected chi connectivity index (χ2v) is 8.75. The number of halogens is 1. The van der Waals surface area contributed by atoms with Crippen molar-refractivity contribution in [2.75, 3.05) is 35.2 Å². The van der Waals surface area contributed by atoms with E-state index in [9.17, 15) is 14.9 Å². The molecule has 2 N–H and O–H groups in total. The molecular weight excluding hydrogens is 486 g/mol. The molecule has 3 rings (SSSR count). The maximum atomic E-state index is 13.2. The minimum atomic E-state index is -0.437. The highest BCUT2D eigenvalue weighted by Crippen LogP contribution is 2.32. The van der Waals surface area contributed by atoms with Crippen LogP contribution in [0.15, 0.2) is 60.1 Å². The second kappa shape index (κ2) is 11.6. The van der Waals surface area contributed by atoms with Gasteiger partial charge in [0.25, 0.3) is 11.6 Å². The summed E-state index contributed by atoms with van der Waals surface area (Å²) in [7, 11) is 0. The first-order chi connectivity index (χ1) is 15.9. The third kappa shape index (κ3) is 6.41. The highest BCUT2D eigenvalue weighted by molar-refractivity contribution is 9.10. The van der Waals surface area contributed by atoms with Crippen LogP contribution in [0.3, 0.4) is 0 Å². The Morgan fingerprint density at radius 1 is 1.24 bits per heavy atom. The van der Waals surface area contributed by atoms with E-state index in [0.717, 1.165) is 43.2 Å². The van der Waals surface area contributed by atoms with E-state index in [0.29, 0.717) is 35.3 Å². The number of nitrogens with zero attached hydrogens (tertiary/aromatic N) is 3. The maximum absolute atomic E-state index is 13.2. The lowest BCUT2D eigenvalue weighted by Gasteiger charge is -2.34. The number of carbonyl (C=O) groups is 1. The average Bonchev–Trinajstić information content (AvgIpc) is 2.81. The maximum Gasteiger partial charge on any atom is 0.271 e. The van der Waals surface area contributed by atoms with Gasteiger partial charge < -0.3 is 15.5 Å². The van der Waals surface area contributed by atoms with Crippen molar-refractivity contribution in [1.29, 1.82) is 0 Å². The molecule has 1 saturated heterocycles. The van der Waals surface area contributed by atoms with Crippen LogP contribution >= 0.6 is 15.9 Å². The number of nitrogens with one attached hydrogen (secondary N) is 2. The fraction of sp³-hybridized carbons (Fsp3) is 0.333. The molecule has 0 bridgehead atoms. The number of allylic oxidation sites excluding steroid dienone is 1. The lowest BCUT2D eigenvalue weighted by Crippen LogP contribution is -2.35. The van der Waals surface area contributed by atoms with Crippen LogP contribution in [0.2, 0.25) is 0 Å². The third-order valence-electron chi connectivity index (χ3n) is 5.62. The number of nitro benzene ring substituents is 1. The lowest BCUT2D eigenvalue weighted by molar-refractivity contribution is -0.384. The van der Waals surface area contributed by atoms with E-state index >= 15 is 0 Å². The molecule has 1 amide bonds. The number of carbonyl (C=O) groups excluding carboxylic acids is 1. The lowest BCUT2D eigenvalue weighted by atomic mass is 9.93. The summed E-state index contributed by atoms with van der Waals surface area (Å²) in [6.45, 7) is 9.64. The first kappa shape index (κ1) is 24.4. The summed E-state index contributed by atoms with van der Waals surface area (Å²) in [5.74, 6) is 1.19. The van der Waals surface area contributed by atoms with Gasteiger partial charge in [0, 0.05) is 31.8 Å². The van der Waals surface area contributed by atoms with Gasteiger partial charge in [0.2, 0.25) is 0 Å². The molecule has 0 aliphatic carbocycles. The van der Waals surface area contributed by atoms with Crippen molar-refractivity contribution in [3.05, 3.63) is 75.8 Å². The molecule has 2 heterocycles. The van der Waals surface area contributed by atoms with Gasteiger partial charge in [0.1, 0.15) is 11.6 Å². The monoisotopic (exact) mass is 513 g/mol. The summed E-state index contributed by atoms with van der Waals surface area (Å²) in [6, 6.07) is 7.87. The minimum absolute atomic E-state index is 0.0368. The third-order valence-corrected chi connectivity index (χ3v) is 6.26. The zero-order chi connectivity index (χ0) is 23.8. The Morgan fingerprint density at radius 3 is 2.67 bits per heavy atom. The topological polar surface area (TPSA) is 100 Å². The Kier molecular flexibility index (Phi) is 8.59. The van der Waals surface area contributed by atoms with Crippen LogP contribution in [-0.4, -0.2) is 35.4 Å². The van der Waals surface area contributed by atoms with Crippen LogP contribution < -0.4 is 15.5 Å². The van der Waals surface area contributed by atoms with Gasteiger partial charge in [-0.15, -0.1) is 13.2 Å². The smallest absolute Gasteiger partial charge is 0.271 e. The number of amides is 1. The van der Waals surface area contributed by atoms with Crippen LogP contribution in [0.1, 0.15) is 36.0 Å². The van der Waals surface area contributed by atoms with Gasteiger partial charge >= 0.3 is 0 Å². The van der Waals surface area contributed by atoms with E-state index in [-0.39, 0.29) is 11.6 Å². The first-order valence-corrected chi connectivity index (χ1v) is 11.7. The van der Waals surface area contributed by atoms with E-state index < -0.39 is 4.92 Å². The molecule has 1 aliphatic rings. The number of benzene rings is 1. The van der Waals surface area contributed by atoms with Gasteiger partial charge in [-0.05, 0) is 65.7 Å². The fourth-order valence-corrected chi connectivity index (χ4v) is 4.21. The van der Waals surface area contributed by atoms with Crippen LogP contribution in [0.25, 0.3) is 0 Å². The molecule has 1 aromatic heterocycles. The standard InChI is InChI=1S/C24H28BrN5O3/c1-3-5-13-26-23-20(25)9-10-22(27-23)28-24(31)19-8-7-18(30(32)33)16-21(19)29-14-11-17(6-4-2)12-15-29/h3-4,7-10,16-17H,1-2,5-6,11-15H2,(H2,26,27,28,31). The number of aromatic nitrogens is 1. The van der Waals surface area contributed by atoms with E-state index in [2.05, 4.69) is 49.6 Å². The Morgan fingerprint density at radius 2 is 2.00 bits per heavy atom. The second-order valence-electron chi connectivity index (χ2n) is 7.90. The van der Waals surface area contributed by atoms with Crippen LogP contribution in [0.4, 0.5) is 23.0 Å². The van der Waals surface area contributed by atoms with E-state index in [1.165, 1.54) is 18.2 Å². The molecule has 0 radical (unpaired) electrons. The summed E-state index contributed by atoms with van der Waals surface area (Å²) in [5, 5.41) is 17.4. The number of nitro groups is 1. The van der Waals surface area contributed by atoms with Gasteiger partial charge in [-0.2, -0.15) is 0 Å². The average molecular weight is 514 g/mol. The van der Waals surface area contributed by atoms with Gasteiger partial charge in [0.05, 0.1) is 20.6 Å². The zero-order valence-corrected chi connectivity index (χ0v) is 20.0. The van der Waals surface area contributed by atoms with E-state index in [1.807, 2.05) is 12.2 Å². The van der Waals surface area contributed by atoms with E-state index in [1.54, 1.807) is 12.1 Å². The van der Waals surface area contributed by atoms with Crippen molar-refractivity contribution in [2.24, 2.45) is 5.92 Å². The summed E-state index contributed by atoms with van der Waals surface area (Å²) >= 11 is 3.45. The molecule has 174 valence electrons. The summed E-state index contributed by atoms with van der Waals surface area (Å²) in [6.07, 6.45) is 7.36. The number of rotatable bonds is 10. The Balaban J connectivity index is 1.82. The molecule has 1 aliphatic heterocycles. The number of piperidine rings is 1. The molecule has 0 spiro atoms. The molecule has 0 unspecified atom stereocenters. The van der Waals surface area contributed by atoms with Gasteiger partial charge in [-0.3, -0.25) is 14.9 Å². The molecule has 1 aromatic carbocycles. The van der Waals surface area contributed by atoms with Crippen LogP contribution in [0.5, 0.6) is 0 Å². The van der Waals surface area contributed by atoms with Gasteiger partial charge in [-0.1, -0.05) is 12.2 Å².